The first-order valence-corrected chi connectivity index (χ1v) is 8.66. The number of aliphatic hydroxyl groups excluding tert-OH is 2. The van der Waals surface area contributed by atoms with Gasteiger partial charge < -0.3 is 10.2 Å². The van der Waals surface area contributed by atoms with E-state index >= 15 is 0 Å². The van der Waals surface area contributed by atoms with Crippen LogP contribution in [0.4, 0.5) is 0 Å². The van der Waals surface area contributed by atoms with Gasteiger partial charge in [0.05, 0.1) is 12.2 Å². The average molecular weight is 276 g/mol. The number of hydrogen-bond donors (Lipinski definition) is 2. The third kappa shape index (κ3) is 1.77. The van der Waals surface area contributed by atoms with E-state index in [1.54, 1.807) is 5.57 Å². The summed E-state index contributed by atoms with van der Waals surface area (Å²) in [7, 11) is 0. The normalized spacial score (nSPS) is 54.6. The van der Waals surface area contributed by atoms with Crippen LogP contribution in [-0.2, 0) is 0 Å². The molecular weight excluding hydrogens is 248 g/mol. The standard InChI is InChI=1S/C18H28O2/c1-18-9-8-14-13-5-3-12(19)10-11(13)2-4-15(14)16(18)6-7-17(18)20/h10,12-17,19-20H,2-9H2,1H3/t12-,13+,14+,15+,16-,17-,18-/m0/s1. The van der Waals surface area contributed by atoms with Crippen molar-refractivity contribution in [3.63, 3.8) is 0 Å². The lowest BCUT2D eigenvalue weighted by atomic mass is 9.52. The highest BCUT2D eigenvalue weighted by molar-refractivity contribution is 5.20. The van der Waals surface area contributed by atoms with Gasteiger partial charge in [0.1, 0.15) is 0 Å². The van der Waals surface area contributed by atoms with Gasteiger partial charge in [0.25, 0.3) is 0 Å². The molecule has 0 radical (unpaired) electrons. The molecule has 0 aromatic heterocycles. The molecule has 7 atom stereocenters. The van der Waals surface area contributed by atoms with Gasteiger partial charge in [-0.1, -0.05) is 18.6 Å². The van der Waals surface area contributed by atoms with Crippen LogP contribution in [0.1, 0.15) is 58.3 Å². The average Bonchev–Trinajstić information content (AvgIpc) is 2.74. The maximum absolute atomic E-state index is 10.4. The van der Waals surface area contributed by atoms with E-state index in [0.717, 1.165) is 36.5 Å². The number of aliphatic hydroxyl groups is 2. The lowest BCUT2D eigenvalue weighted by Crippen LogP contribution is -2.47. The lowest BCUT2D eigenvalue weighted by molar-refractivity contribution is -0.0548. The molecule has 2 N–H and O–H groups in total. The molecule has 4 rings (SSSR count). The van der Waals surface area contributed by atoms with Gasteiger partial charge in [-0.3, -0.25) is 0 Å². The Morgan fingerprint density at radius 3 is 2.70 bits per heavy atom. The summed E-state index contributed by atoms with van der Waals surface area (Å²) < 4.78 is 0. The van der Waals surface area contributed by atoms with E-state index in [1.807, 2.05) is 0 Å². The second kappa shape index (κ2) is 4.58. The van der Waals surface area contributed by atoms with Crippen LogP contribution < -0.4 is 0 Å². The molecule has 0 bridgehead atoms. The molecule has 2 nitrogen and oxygen atoms in total. The summed E-state index contributed by atoms with van der Waals surface area (Å²) in [4.78, 5) is 0. The maximum Gasteiger partial charge on any atom is 0.0723 e. The predicted octanol–water partition coefficient (Wildman–Crippen LogP) is 3.28. The van der Waals surface area contributed by atoms with E-state index in [-0.39, 0.29) is 17.6 Å². The Morgan fingerprint density at radius 2 is 1.85 bits per heavy atom. The van der Waals surface area contributed by atoms with Gasteiger partial charge in [0.15, 0.2) is 0 Å². The number of fused-ring (bicyclic) bond motifs is 5. The van der Waals surface area contributed by atoms with Gasteiger partial charge in [-0.25, -0.2) is 0 Å². The first-order valence-electron chi connectivity index (χ1n) is 8.66. The molecule has 0 spiro atoms. The van der Waals surface area contributed by atoms with Crippen LogP contribution in [-0.4, -0.2) is 22.4 Å². The van der Waals surface area contributed by atoms with E-state index in [2.05, 4.69) is 13.0 Å². The van der Waals surface area contributed by atoms with Crippen molar-refractivity contribution in [2.75, 3.05) is 0 Å². The quantitative estimate of drug-likeness (QED) is 0.667. The zero-order valence-corrected chi connectivity index (χ0v) is 12.6. The molecule has 0 saturated heterocycles. The minimum atomic E-state index is -0.181. The highest BCUT2D eigenvalue weighted by atomic mass is 16.3. The molecule has 0 aromatic rings. The SMILES string of the molecule is C[C@]12CC[C@H]3[C@@H](CCC4=C[C@@H](O)CC[C@H]43)[C@@H]1CC[C@@H]2O. The zero-order chi connectivity index (χ0) is 13.9. The van der Waals surface area contributed by atoms with Crippen LogP contribution in [0.25, 0.3) is 0 Å². The molecule has 20 heavy (non-hydrogen) atoms. The van der Waals surface area contributed by atoms with E-state index in [0.29, 0.717) is 0 Å². The Hall–Kier alpha value is -0.340. The topological polar surface area (TPSA) is 40.5 Å². The van der Waals surface area contributed by atoms with Gasteiger partial charge in [-0.05, 0) is 80.5 Å². The molecule has 3 saturated carbocycles. The molecule has 4 aliphatic carbocycles. The fourth-order valence-corrected chi connectivity index (χ4v) is 6.28. The molecule has 2 heteroatoms. The molecule has 0 aromatic carbocycles. The summed E-state index contributed by atoms with van der Waals surface area (Å²) in [6.45, 7) is 2.35. The fraction of sp³-hybridized carbons (Fsp3) is 0.889. The first-order chi connectivity index (χ1) is 9.59. The zero-order valence-electron chi connectivity index (χ0n) is 12.6. The second-order valence-corrected chi connectivity index (χ2v) is 8.10. The van der Waals surface area contributed by atoms with Crippen LogP contribution in [0.15, 0.2) is 11.6 Å². The van der Waals surface area contributed by atoms with Gasteiger partial charge in [0, 0.05) is 0 Å². The highest BCUT2D eigenvalue weighted by Crippen LogP contribution is 2.61. The second-order valence-electron chi connectivity index (χ2n) is 8.10. The number of rotatable bonds is 0. The summed E-state index contributed by atoms with van der Waals surface area (Å²) in [6, 6.07) is 0. The Morgan fingerprint density at radius 1 is 1.00 bits per heavy atom. The minimum absolute atomic E-state index is 0.0569. The molecule has 0 aliphatic heterocycles. The van der Waals surface area contributed by atoms with Crippen molar-refractivity contribution in [3.05, 3.63) is 11.6 Å². The van der Waals surface area contributed by atoms with Crippen molar-refractivity contribution in [3.8, 4) is 0 Å². The third-order valence-electron chi connectivity index (χ3n) is 7.38. The van der Waals surface area contributed by atoms with Gasteiger partial charge in [-0.15, -0.1) is 0 Å². The largest absolute Gasteiger partial charge is 0.393 e. The number of hydrogen-bond acceptors (Lipinski definition) is 2. The summed E-state index contributed by atoms with van der Waals surface area (Å²) >= 11 is 0. The van der Waals surface area contributed by atoms with Gasteiger partial charge in [0.2, 0.25) is 0 Å². The maximum atomic E-state index is 10.4. The van der Waals surface area contributed by atoms with Crippen molar-refractivity contribution in [1.29, 1.82) is 0 Å². The van der Waals surface area contributed by atoms with Crippen molar-refractivity contribution >= 4 is 0 Å². The van der Waals surface area contributed by atoms with Crippen LogP contribution in [0.5, 0.6) is 0 Å². The van der Waals surface area contributed by atoms with E-state index in [9.17, 15) is 10.2 Å². The molecule has 0 heterocycles. The third-order valence-corrected chi connectivity index (χ3v) is 7.38. The number of allylic oxidation sites excluding steroid dienone is 1. The van der Waals surface area contributed by atoms with Crippen LogP contribution in [0.2, 0.25) is 0 Å². The fourth-order valence-electron chi connectivity index (χ4n) is 6.28. The Balaban J connectivity index is 1.62. The van der Waals surface area contributed by atoms with Crippen molar-refractivity contribution in [2.45, 2.75) is 70.5 Å². The van der Waals surface area contributed by atoms with Gasteiger partial charge in [-0.2, -0.15) is 0 Å². The summed E-state index contributed by atoms with van der Waals surface area (Å²) in [5.41, 5.74) is 1.77. The molecule has 0 unspecified atom stereocenters. The Bertz CT molecular complexity index is 429. The molecule has 4 aliphatic rings. The Kier molecular flexibility index (Phi) is 3.05. The smallest absolute Gasteiger partial charge is 0.0723 e. The van der Waals surface area contributed by atoms with Crippen molar-refractivity contribution < 1.29 is 10.2 Å². The lowest BCUT2D eigenvalue weighted by Gasteiger charge is -2.53. The van der Waals surface area contributed by atoms with E-state index in [4.69, 9.17) is 0 Å². The van der Waals surface area contributed by atoms with Crippen LogP contribution in [0, 0.1) is 29.1 Å². The van der Waals surface area contributed by atoms with Crippen molar-refractivity contribution in [2.24, 2.45) is 29.1 Å². The molecular formula is C18H28O2. The summed E-state index contributed by atoms with van der Waals surface area (Å²) in [5.74, 6) is 3.18. The van der Waals surface area contributed by atoms with Crippen LogP contribution in [0.3, 0.4) is 0 Å². The predicted molar refractivity (Wildman–Crippen MR) is 79.1 cm³/mol. The van der Waals surface area contributed by atoms with E-state index in [1.165, 1.54) is 38.5 Å². The highest BCUT2D eigenvalue weighted by Gasteiger charge is 2.55. The van der Waals surface area contributed by atoms with E-state index < -0.39 is 0 Å². The molecule has 3 fully saturated rings. The molecule has 0 amide bonds. The monoisotopic (exact) mass is 276 g/mol. The van der Waals surface area contributed by atoms with Crippen molar-refractivity contribution in [1.82, 2.24) is 0 Å². The minimum Gasteiger partial charge on any atom is -0.393 e. The summed E-state index contributed by atoms with van der Waals surface area (Å²) in [5, 5.41) is 20.3. The molecule has 112 valence electrons. The first kappa shape index (κ1) is 13.3. The summed E-state index contributed by atoms with van der Waals surface area (Å²) in [6.07, 6.45) is 11.4. The van der Waals surface area contributed by atoms with Gasteiger partial charge >= 0.3 is 0 Å². The van der Waals surface area contributed by atoms with Crippen LogP contribution >= 0.6 is 0 Å². The Labute approximate surface area is 122 Å².